The van der Waals surface area contributed by atoms with Gasteiger partial charge in [-0.3, -0.25) is 9.67 Å². The molecule has 0 atom stereocenters. The fraction of sp³-hybridized carbons (Fsp3) is 0.778. The molecule has 0 radical (unpaired) electrons. The van der Waals surface area contributed by atoms with Gasteiger partial charge in [-0.15, -0.1) is 0 Å². The molecule has 1 aliphatic carbocycles. The van der Waals surface area contributed by atoms with E-state index in [4.69, 9.17) is 17.0 Å². The second kappa shape index (κ2) is 4.76. The van der Waals surface area contributed by atoms with Crippen LogP contribution in [-0.4, -0.2) is 27.5 Å². The Bertz CT molecular complexity index is 386. The molecular weight excluding hydrogens is 214 g/mol. The normalized spacial score (nSPS) is 17.3. The van der Waals surface area contributed by atoms with E-state index < -0.39 is 0 Å². The Morgan fingerprint density at radius 1 is 1.40 bits per heavy atom. The van der Waals surface area contributed by atoms with Crippen LogP contribution in [-0.2, 0) is 11.3 Å². The summed E-state index contributed by atoms with van der Waals surface area (Å²) in [6.45, 7) is 1.08. The van der Waals surface area contributed by atoms with E-state index in [1.165, 1.54) is 17.4 Å². The lowest BCUT2D eigenvalue weighted by Crippen LogP contribution is -2.21. The molecule has 1 saturated carbocycles. The van der Waals surface area contributed by atoms with E-state index in [-0.39, 0.29) is 5.69 Å². The first-order valence-corrected chi connectivity index (χ1v) is 5.67. The van der Waals surface area contributed by atoms with Crippen LogP contribution in [0.15, 0.2) is 4.79 Å². The summed E-state index contributed by atoms with van der Waals surface area (Å²) in [4.78, 5) is 11.2. The van der Waals surface area contributed by atoms with E-state index in [0.717, 1.165) is 12.8 Å². The molecule has 84 valence electrons. The molecule has 6 heteroatoms. The molecule has 0 saturated heterocycles. The van der Waals surface area contributed by atoms with Gasteiger partial charge in [0.2, 0.25) is 0 Å². The van der Waals surface area contributed by atoms with Crippen molar-refractivity contribution in [2.45, 2.75) is 38.3 Å². The summed E-state index contributed by atoms with van der Waals surface area (Å²) >= 11 is 4.94. The molecule has 1 fully saturated rings. The standard InChI is InChI=1S/C9H15N3O2S/c13-8-10-11-9(15)12(8)5-6-14-7-3-1-2-4-7/h7H,1-6H2,(H,10,13)(H,11,15). The number of aromatic nitrogens is 3. The third kappa shape index (κ3) is 2.57. The Kier molecular flexibility index (Phi) is 3.37. The highest BCUT2D eigenvalue weighted by Crippen LogP contribution is 2.20. The Balaban J connectivity index is 1.83. The Hall–Kier alpha value is -0.880. The number of aromatic amines is 2. The molecule has 2 N–H and O–H groups in total. The zero-order chi connectivity index (χ0) is 10.7. The number of nitrogens with zero attached hydrogens (tertiary/aromatic N) is 1. The third-order valence-corrected chi connectivity index (χ3v) is 3.06. The molecule has 0 spiro atoms. The smallest absolute Gasteiger partial charge is 0.342 e. The minimum absolute atomic E-state index is 0.199. The third-order valence-electron chi connectivity index (χ3n) is 2.74. The van der Waals surface area contributed by atoms with Gasteiger partial charge < -0.3 is 4.74 Å². The molecule has 0 aromatic carbocycles. The van der Waals surface area contributed by atoms with Gasteiger partial charge in [0.1, 0.15) is 0 Å². The van der Waals surface area contributed by atoms with Gasteiger partial charge in [-0.05, 0) is 25.1 Å². The molecule has 1 heterocycles. The van der Waals surface area contributed by atoms with Gasteiger partial charge in [-0.25, -0.2) is 9.89 Å². The summed E-state index contributed by atoms with van der Waals surface area (Å²) in [5.74, 6) is 0. The van der Waals surface area contributed by atoms with Crippen LogP contribution in [0.4, 0.5) is 0 Å². The Morgan fingerprint density at radius 3 is 2.73 bits per heavy atom. The van der Waals surface area contributed by atoms with E-state index in [9.17, 15) is 4.79 Å². The molecule has 1 aliphatic rings. The number of hydrogen-bond acceptors (Lipinski definition) is 3. The number of rotatable bonds is 4. The second-order valence-electron chi connectivity index (χ2n) is 3.79. The maximum atomic E-state index is 11.2. The number of ether oxygens (including phenoxy) is 1. The molecule has 1 aromatic heterocycles. The van der Waals surface area contributed by atoms with Gasteiger partial charge in [-0.1, -0.05) is 12.8 Å². The average molecular weight is 229 g/mol. The van der Waals surface area contributed by atoms with Crippen LogP contribution < -0.4 is 5.69 Å². The van der Waals surface area contributed by atoms with Crippen LogP contribution >= 0.6 is 12.2 Å². The van der Waals surface area contributed by atoms with Gasteiger partial charge >= 0.3 is 5.69 Å². The quantitative estimate of drug-likeness (QED) is 0.762. The minimum Gasteiger partial charge on any atom is -0.376 e. The molecule has 5 nitrogen and oxygen atoms in total. The van der Waals surface area contributed by atoms with E-state index in [1.54, 1.807) is 0 Å². The summed E-state index contributed by atoms with van der Waals surface area (Å²) in [6, 6.07) is 0. The number of nitrogens with one attached hydrogen (secondary N) is 2. The fourth-order valence-corrected chi connectivity index (χ4v) is 2.13. The zero-order valence-corrected chi connectivity index (χ0v) is 9.31. The van der Waals surface area contributed by atoms with E-state index >= 15 is 0 Å². The molecule has 0 amide bonds. The lowest BCUT2D eigenvalue weighted by Gasteiger charge is -2.10. The van der Waals surface area contributed by atoms with Crippen molar-refractivity contribution >= 4 is 12.2 Å². The highest BCUT2D eigenvalue weighted by atomic mass is 32.1. The fourth-order valence-electron chi connectivity index (χ4n) is 1.90. The van der Waals surface area contributed by atoms with Crippen molar-refractivity contribution in [1.82, 2.24) is 14.8 Å². The van der Waals surface area contributed by atoms with Gasteiger partial charge in [0.25, 0.3) is 0 Å². The monoisotopic (exact) mass is 229 g/mol. The van der Waals surface area contributed by atoms with Gasteiger partial charge in [-0.2, -0.15) is 0 Å². The predicted molar refractivity (Wildman–Crippen MR) is 58.4 cm³/mol. The largest absolute Gasteiger partial charge is 0.376 e. The first-order valence-electron chi connectivity index (χ1n) is 5.26. The van der Waals surface area contributed by atoms with Gasteiger partial charge in [0, 0.05) is 0 Å². The topological polar surface area (TPSA) is 62.8 Å². The van der Waals surface area contributed by atoms with Crippen LogP contribution in [0, 0.1) is 4.77 Å². The minimum atomic E-state index is -0.199. The predicted octanol–water partition coefficient (Wildman–Crippen LogP) is 1.19. The lowest BCUT2D eigenvalue weighted by atomic mass is 10.3. The van der Waals surface area contributed by atoms with Crippen LogP contribution in [0.5, 0.6) is 0 Å². The number of H-pyrrole nitrogens is 2. The van der Waals surface area contributed by atoms with Gasteiger partial charge in [0.15, 0.2) is 4.77 Å². The van der Waals surface area contributed by atoms with Crippen LogP contribution in [0.3, 0.4) is 0 Å². The van der Waals surface area contributed by atoms with Crippen LogP contribution in [0.2, 0.25) is 0 Å². The maximum Gasteiger partial charge on any atom is 0.342 e. The van der Waals surface area contributed by atoms with Crippen molar-refractivity contribution in [2.75, 3.05) is 6.61 Å². The summed E-state index contributed by atoms with van der Waals surface area (Å²) < 4.78 is 7.55. The van der Waals surface area contributed by atoms with Crippen molar-refractivity contribution in [2.24, 2.45) is 0 Å². The van der Waals surface area contributed by atoms with Crippen molar-refractivity contribution in [1.29, 1.82) is 0 Å². The molecule has 2 rings (SSSR count). The first-order chi connectivity index (χ1) is 7.27. The average Bonchev–Trinajstić information content (AvgIpc) is 2.82. The van der Waals surface area contributed by atoms with E-state index in [1.807, 2.05) is 0 Å². The van der Waals surface area contributed by atoms with Crippen molar-refractivity contribution < 1.29 is 4.74 Å². The summed E-state index contributed by atoms with van der Waals surface area (Å²) in [6.07, 6.45) is 5.20. The molecule has 15 heavy (non-hydrogen) atoms. The zero-order valence-electron chi connectivity index (χ0n) is 8.49. The van der Waals surface area contributed by atoms with Crippen molar-refractivity contribution in [3.8, 4) is 0 Å². The highest BCUT2D eigenvalue weighted by Gasteiger charge is 2.14. The highest BCUT2D eigenvalue weighted by molar-refractivity contribution is 7.71. The Labute approximate surface area is 92.4 Å². The first kappa shape index (κ1) is 10.6. The molecule has 0 aliphatic heterocycles. The van der Waals surface area contributed by atoms with Crippen molar-refractivity contribution in [3.63, 3.8) is 0 Å². The van der Waals surface area contributed by atoms with Crippen molar-refractivity contribution in [3.05, 3.63) is 15.3 Å². The van der Waals surface area contributed by atoms with E-state index in [0.29, 0.717) is 24.0 Å². The number of hydrogen-bond donors (Lipinski definition) is 2. The summed E-state index contributed by atoms with van der Waals surface area (Å²) in [5.41, 5.74) is -0.199. The van der Waals surface area contributed by atoms with Crippen LogP contribution in [0.1, 0.15) is 25.7 Å². The maximum absolute atomic E-state index is 11.2. The van der Waals surface area contributed by atoms with Crippen LogP contribution in [0.25, 0.3) is 0 Å². The lowest BCUT2D eigenvalue weighted by molar-refractivity contribution is 0.0524. The molecule has 0 bridgehead atoms. The summed E-state index contributed by atoms with van der Waals surface area (Å²) in [7, 11) is 0. The van der Waals surface area contributed by atoms with E-state index in [2.05, 4.69) is 10.2 Å². The summed E-state index contributed by atoms with van der Waals surface area (Å²) in [5, 5.41) is 5.04. The molecular formula is C9H15N3O2S. The second-order valence-corrected chi connectivity index (χ2v) is 4.18. The molecule has 1 aromatic rings. The SMILES string of the molecule is O=c1[nH][nH]c(=S)n1CCOC1CCCC1. The Morgan fingerprint density at radius 2 is 2.13 bits per heavy atom. The molecule has 0 unspecified atom stereocenters. The van der Waals surface area contributed by atoms with Gasteiger partial charge in [0.05, 0.1) is 19.3 Å².